The molecule has 34 valence electrons. The van der Waals surface area contributed by atoms with Crippen molar-refractivity contribution >= 4 is 11.3 Å². The van der Waals surface area contributed by atoms with E-state index in [9.17, 15) is 0 Å². The minimum atomic E-state index is 0. The highest BCUT2D eigenvalue weighted by molar-refractivity contribution is 7.07. The molecule has 1 nitrogen and oxygen atoms in total. The molecule has 1 aromatic rings. The van der Waals surface area contributed by atoms with Gasteiger partial charge in [-0.1, -0.05) is 12.1 Å². The number of hydrogen-bond donors (Lipinski definition) is 0. The zero-order valence-electron chi connectivity index (χ0n) is 3.22. The molecule has 0 spiro atoms. The van der Waals surface area contributed by atoms with E-state index in [0.29, 0.717) is 0 Å². The summed E-state index contributed by atoms with van der Waals surface area (Å²) in [6.45, 7) is 0. The van der Waals surface area contributed by atoms with Gasteiger partial charge in [0.1, 0.15) is 0 Å². The van der Waals surface area contributed by atoms with Crippen LogP contribution in [0.1, 0.15) is 0 Å². The van der Waals surface area contributed by atoms with Crippen molar-refractivity contribution in [3.05, 3.63) is 22.9 Å². The monoisotopic (exact) mass is 102 g/mol. The third-order valence-corrected chi connectivity index (χ3v) is 1.05. The predicted octanol–water partition coefficient (Wildman–Crippen LogP) is 0.923. The maximum absolute atomic E-state index is 2.04. The van der Waals surface area contributed by atoms with Gasteiger partial charge in [-0.2, -0.15) is 11.3 Å². The predicted molar refractivity (Wildman–Crippen MR) is 27.9 cm³/mol. The second kappa shape index (κ2) is 2.87. The second-order valence-electron chi connectivity index (χ2n) is 0.793. The van der Waals surface area contributed by atoms with Crippen molar-refractivity contribution in [2.75, 3.05) is 0 Å². The molecule has 0 saturated heterocycles. The van der Waals surface area contributed by atoms with E-state index < -0.39 is 0 Å². The highest BCUT2D eigenvalue weighted by atomic mass is 32.1. The van der Waals surface area contributed by atoms with Gasteiger partial charge in [0, 0.05) is 0 Å². The topological polar surface area (TPSA) is 31.5 Å². The van der Waals surface area contributed by atoms with Gasteiger partial charge in [0.2, 0.25) is 0 Å². The quantitative estimate of drug-likeness (QED) is 0.466. The highest BCUT2D eigenvalue weighted by Crippen LogP contribution is 1.91. The van der Waals surface area contributed by atoms with Crippen molar-refractivity contribution in [2.45, 2.75) is 0 Å². The van der Waals surface area contributed by atoms with Crippen molar-refractivity contribution in [2.24, 2.45) is 0 Å². The fraction of sp³-hybridized carbons (Fsp3) is 0. The highest BCUT2D eigenvalue weighted by Gasteiger charge is 1.58. The number of thiophene rings is 1. The molecule has 1 rings (SSSR count). The smallest absolute Gasteiger partial charge is 0.00934 e. The molecule has 6 heavy (non-hydrogen) atoms. The van der Waals surface area contributed by atoms with Gasteiger partial charge in [0.15, 0.2) is 0 Å². The maximum Gasteiger partial charge on any atom is -0.00934 e. The van der Waals surface area contributed by atoms with Gasteiger partial charge in [-0.25, -0.2) is 0 Å². The Kier molecular flexibility index (Phi) is 2.71. The van der Waals surface area contributed by atoms with Crippen LogP contribution in [0.4, 0.5) is 0 Å². The zero-order chi connectivity index (χ0) is 3.54. The summed E-state index contributed by atoms with van der Waals surface area (Å²) in [7, 11) is 0. The van der Waals surface area contributed by atoms with Gasteiger partial charge in [-0.15, -0.1) is 0 Å². The first kappa shape index (κ1) is 5.66. The summed E-state index contributed by atoms with van der Waals surface area (Å²) in [6, 6.07) is 4.04. The lowest BCUT2D eigenvalue weighted by atomic mass is 10.7. The first-order valence-corrected chi connectivity index (χ1v) is 2.41. The van der Waals surface area contributed by atoms with Crippen LogP contribution in [0.15, 0.2) is 22.9 Å². The van der Waals surface area contributed by atoms with Gasteiger partial charge >= 0.3 is 0 Å². The number of hydrogen-bond acceptors (Lipinski definition) is 1. The minimum Gasteiger partial charge on any atom is -0.412 e. The van der Waals surface area contributed by atoms with Crippen LogP contribution in [-0.4, -0.2) is 5.48 Å². The molecule has 2 heteroatoms. The standard InChI is InChI=1S/C4H4S.H2O/c1-2-4-5-3-1;/h1-4H;1H2. The van der Waals surface area contributed by atoms with Gasteiger partial charge < -0.3 is 5.48 Å². The molecule has 0 fully saturated rings. The molecule has 1 heterocycles. The molecular weight excluding hydrogens is 96.1 g/mol. The Morgan fingerprint density at radius 2 is 1.50 bits per heavy atom. The molecule has 1 aromatic heterocycles. The normalized spacial score (nSPS) is 6.67. The third-order valence-electron chi connectivity index (χ3n) is 0.425. The Morgan fingerprint density at radius 3 is 1.67 bits per heavy atom. The van der Waals surface area contributed by atoms with E-state index in [2.05, 4.69) is 0 Å². The molecule has 0 atom stereocenters. The summed E-state index contributed by atoms with van der Waals surface area (Å²) in [5.74, 6) is 0. The van der Waals surface area contributed by atoms with Crippen LogP contribution in [-0.2, 0) is 0 Å². The molecular formula is C4H6OS. The first-order valence-electron chi connectivity index (χ1n) is 1.47. The summed E-state index contributed by atoms with van der Waals surface area (Å²) in [6.07, 6.45) is 0. The lowest BCUT2D eigenvalue weighted by Crippen LogP contribution is -1.16. The third kappa shape index (κ3) is 1.19. The summed E-state index contributed by atoms with van der Waals surface area (Å²) < 4.78 is 0. The van der Waals surface area contributed by atoms with E-state index in [1.807, 2.05) is 22.9 Å². The molecule has 0 aliphatic carbocycles. The lowest BCUT2D eigenvalue weighted by molar-refractivity contribution is 0.824. The largest absolute Gasteiger partial charge is 0.412 e. The van der Waals surface area contributed by atoms with Crippen molar-refractivity contribution < 1.29 is 5.48 Å². The molecule has 0 aliphatic heterocycles. The summed E-state index contributed by atoms with van der Waals surface area (Å²) in [4.78, 5) is 0. The van der Waals surface area contributed by atoms with E-state index in [4.69, 9.17) is 0 Å². The van der Waals surface area contributed by atoms with Crippen molar-refractivity contribution in [1.82, 2.24) is 0 Å². The molecule has 0 radical (unpaired) electrons. The maximum atomic E-state index is 2.04. The van der Waals surface area contributed by atoms with Crippen LogP contribution < -0.4 is 0 Å². The Labute approximate surface area is 40.6 Å². The first-order chi connectivity index (χ1) is 2.50. The van der Waals surface area contributed by atoms with Crippen LogP contribution in [0, 0.1) is 0 Å². The van der Waals surface area contributed by atoms with Crippen LogP contribution in [0.5, 0.6) is 0 Å². The van der Waals surface area contributed by atoms with Gasteiger partial charge in [-0.05, 0) is 10.8 Å². The molecule has 0 aromatic carbocycles. The second-order valence-corrected chi connectivity index (χ2v) is 1.61. The summed E-state index contributed by atoms with van der Waals surface area (Å²) in [5.41, 5.74) is 0. The van der Waals surface area contributed by atoms with E-state index in [0.717, 1.165) is 0 Å². The number of rotatable bonds is 0. The van der Waals surface area contributed by atoms with E-state index in [1.165, 1.54) is 0 Å². The average Bonchev–Trinajstić information content (AvgIpc) is 1.76. The van der Waals surface area contributed by atoms with Crippen molar-refractivity contribution in [3.8, 4) is 0 Å². The molecule has 2 N–H and O–H groups in total. The minimum absolute atomic E-state index is 0. The molecule has 0 saturated carbocycles. The Morgan fingerprint density at radius 1 is 1.00 bits per heavy atom. The zero-order valence-corrected chi connectivity index (χ0v) is 4.03. The van der Waals surface area contributed by atoms with Gasteiger partial charge in [0.25, 0.3) is 0 Å². The van der Waals surface area contributed by atoms with Gasteiger partial charge in [0.05, 0.1) is 0 Å². The van der Waals surface area contributed by atoms with Crippen molar-refractivity contribution in [1.29, 1.82) is 0 Å². The summed E-state index contributed by atoms with van der Waals surface area (Å²) >= 11 is 1.71. The Balaban J connectivity index is 0.000000250. The van der Waals surface area contributed by atoms with Crippen LogP contribution in [0.2, 0.25) is 0 Å². The van der Waals surface area contributed by atoms with Crippen LogP contribution >= 0.6 is 11.3 Å². The molecule has 0 bridgehead atoms. The molecule has 0 amide bonds. The van der Waals surface area contributed by atoms with Crippen LogP contribution in [0.25, 0.3) is 0 Å². The SMILES string of the molecule is O.c1ccsc1. The fourth-order valence-corrected chi connectivity index (χ4v) is 0.680. The van der Waals surface area contributed by atoms with Crippen molar-refractivity contribution in [3.63, 3.8) is 0 Å². The lowest BCUT2D eigenvalue weighted by Gasteiger charge is -1.39. The Bertz CT molecular complexity index is 64.0. The fourth-order valence-electron chi connectivity index (χ4n) is 0.227. The Hall–Kier alpha value is -0.340. The molecule has 0 aliphatic rings. The molecule has 0 unspecified atom stereocenters. The van der Waals surface area contributed by atoms with Gasteiger partial charge in [-0.3, -0.25) is 0 Å². The average molecular weight is 102 g/mol. The van der Waals surface area contributed by atoms with Crippen LogP contribution in [0.3, 0.4) is 0 Å². The van der Waals surface area contributed by atoms with E-state index >= 15 is 0 Å². The van der Waals surface area contributed by atoms with E-state index in [-0.39, 0.29) is 5.48 Å². The summed E-state index contributed by atoms with van der Waals surface area (Å²) in [5, 5.41) is 4.08. The van der Waals surface area contributed by atoms with E-state index in [1.54, 1.807) is 11.3 Å².